The molecule has 6 unspecified atom stereocenters. The van der Waals surface area contributed by atoms with Crippen LogP contribution in [0.2, 0.25) is 0 Å². The number of hydrogen-bond acceptors (Lipinski definition) is 2. The highest BCUT2D eigenvalue weighted by Gasteiger charge is 2.34. The Labute approximate surface area is 525 Å². The van der Waals surface area contributed by atoms with E-state index in [0.29, 0.717) is 11.8 Å². The van der Waals surface area contributed by atoms with Gasteiger partial charge in [-0.25, -0.2) is 9.15 Å². The van der Waals surface area contributed by atoms with Crippen LogP contribution in [0.5, 0.6) is 0 Å². The largest absolute Gasteiger partial charge is 1.00 e. The molecule has 6 atom stereocenters. The summed E-state index contributed by atoms with van der Waals surface area (Å²) in [4.78, 5) is 4.87. The molecule has 6 aromatic rings. The number of anilines is 2. The summed E-state index contributed by atoms with van der Waals surface area (Å²) in [6.45, 7) is 31.2. The van der Waals surface area contributed by atoms with Crippen molar-refractivity contribution in [2.24, 2.45) is 35.5 Å². The van der Waals surface area contributed by atoms with Gasteiger partial charge in [-0.3, -0.25) is 0 Å². The van der Waals surface area contributed by atoms with Crippen LogP contribution in [0.25, 0.3) is 32.7 Å². The average Bonchev–Trinajstić information content (AvgIpc) is 2.14. The normalized spacial score (nSPS) is 20.1. The number of halogens is 2. The van der Waals surface area contributed by atoms with E-state index >= 15 is 0 Å². The lowest BCUT2D eigenvalue weighted by molar-refractivity contribution is -0.519. The van der Waals surface area contributed by atoms with Crippen LogP contribution in [-0.4, -0.2) is 72.9 Å². The Morgan fingerprint density at radius 2 is 0.741 bits per heavy atom. The number of allylic oxidation sites excluding steroid dienone is 10. The van der Waals surface area contributed by atoms with Crippen molar-refractivity contribution in [2.75, 3.05) is 62.2 Å². The molecule has 6 aromatic carbocycles. The highest BCUT2D eigenvalue weighted by molar-refractivity contribution is 6.07. The van der Waals surface area contributed by atoms with Crippen molar-refractivity contribution in [1.82, 2.24) is 0 Å². The third-order valence-electron chi connectivity index (χ3n) is 20.2. The summed E-state index contributed by atoms with van der Waals surface area (Å²) >= 11 is 0. The van der Waals surface area contributed by atoms with E-state index in [1.54, 1.807) is 0 Å². The fourth-order valence-corrected chi connectivity index (χ4v) is 15.4. The number of hydrogen-bond donors (Lipinski definition) is 0. The molecule has 0 aromatic heterocycles. The zero-order valence-corrected chi connectivity index (χ0v) is 54.7. The molecule has 0 radical (unpaired) electrons. The molecule has 4 aliphatic carbocycles. The number of nitrogens with zero attached hydrogens (tertiary/aromatic N) is 4. The number of fused-ring (bicyclic) bond motifs is 2. The Kier molecular flexibility index (Phi) is 23.2. The van der Waals surface area contributed by atoms with E-state index in [0.717, 1.165) is 88.9 Å². The van der Waals surface area contributed by atoms with Gasteiger partial charge in [0, 0.05) is 61.9 Å². The van der Waals surface area contributed by atoms with E-state index in [1.807, 2.05) is 0 Å². The maximum absolute atomic E-state index is 2.59. The van der Waals surface area contributed by atoms with E-state index < -0.39 is 0 Å². The summed E-state index contributed by atoms with van der Waals surface area (Å²) in [5.41, 5.74) is 18.5. The van der Waals surface area contributed by atoms with E-state index in [-0.39, 0.29) is 24.8 Å². The van der Waals surface area contributed by atoms with Gasteiger partial charge in [0.1, 0.15) is 26.2 Å². The Morgan fingerprint density at radius 1 is 0.400 bits per heavy atom. The molecule has 0 bridgehead atoms. The van der Waals surface area contributed by atoms with Gasteiger partial charge in [0.2, 0.25) is 0 Å². The van der Waals surface area contributed by atoms with Gasteiger partial charge in [0.25, 0.3) is 0 Å². The molecule has 85 heavy (non-hydrogen) atoms. The predicted octanol–water partition coefficient (Wildman–Crippen LogP) is 12.8. The molecule has 0 N–H and O–H groups in total. The predicted molar refractivity (Wildman–Crippen MR) is 361 cm³/mol. The van der Waals surface area contributed by atoms with Crippen molar-refractivity contribution < 1.29 is 34.0 Å². The third kappa shape index (κ3) is 14.5. The fraction of sp³-hybridized carbons (Fsp3) is 0.418. The first-order valence-electron chi connectivity index (χ1n) is 32.8. The van der Waals surface area contributed by atoms with Crippen LogP contribution in [0.1, 0.15) is 148 Å². The van der Waals surface area contributed by atoms with Crippen molar-refractivity contribution in [1.29, 1.82) is 0 Å². The SMILES string of the molecule is CCN(CC)c1ccc(C(=C2C=CC(=[N+](CC)CC)C=C2)c2ccc(CC3CCC(CC4CCC(Cc5ccc(C(=C6C=CC(=[N+](CC)CC)C=C6)c6ccc(N(CC)CC)cc6)c6ccccc56)C(C)C4)CC3C)c3ccccc23)cc1.[Cl-].[Cl-]. The molecule has 0 spiro atoms. The summed E-state index contributed by atoms with van der Waals surface area (Å²) in [6.07, 6.45) is 30.6. The van der Waals surface area contributed by atoms with Crippen molar-refractivity contribution in [3.63, 3.8) is 0 Å². The summed E-state index contributed by atoms with van der Waals surface area (Å²) in [5, 5.41) is 5.57. The van der Waals surface area contributed by atoms with Crippen LogP contribution in [0.4, 0.5) is 11.4 Å². The van der Waals surface area contributed by atoms with Crippen LogP contribution < -0.4 is 34.6 Å². The lowest BCUT2D eigenvalue weighted by atomic mass is 9.66. The molecule has 448 valence electrons. The summed E-state index contributed by atoms with van der Waals surface area (Å²) in [7, 11) is 0. The Bertz CT molecular complexity index is 3210. The minimum atomic E-state index is 0. The van der Waals surface area contributed by atoms with E-state index in [4.69, 9.17) is 0 Å². The minimum Gasteiger partial charge on any atom is -1.00 e. The molecule has 0 aliphatic heterocycles. The van der Waals surface area contributed by atoms with Crippen molar-refractivity contribution >= 4 is 55.5 Å². The Morgan fingerprint density at radius 3 is 1.06 bits per heavy atom. The van der Waals surface area contributed by atoms with Gasteiger partial charge in [0.05, 0.1) is 0 Å². The zero-order valence-electron chi connectivity index (χ0n) is 53.2. The van der Waals surface area contributed by atoms with Gasteiger partial charge in [-0.1, -0.05) is 124 Å². The summed E-state index contributed by atoms with van der Waals surface area (Å²) in [6, 6.07) is 47.2. The lowest BCUT2D eigenvalue weighted by Crippen LogP contribution is -3.00. The second kappa shape index (κ2) is 30.4. The molecule has 4 aliphatic rings. The topological polar surface area (TPSA) is 12.5 Å². The molecule has 2 saturated carbocycles. The van der Waals surface area contributed by atoms with E-state index in [9.17, 15) is 0 Å². The first-order chi connectivity index (χ1) is 40.6. The van der Waals surface area contributed by atoms with E-state index in [2.05, 4.69) is 258 Å². The van der Waals surface area contributed by atoms with Gasteiger partial charge >= 0.3 is 0 Å². The number of benzene rings is 6. The molecular weight excluding hydrogens is 1080 g/mol. The minimum absolute atomic E-state index is 0. The van der Waals surface area contributed by atoms with Crippen LogP contribution in [0.15, 0.2) is 181 Å². The molecule has 4 nitrogen and oxygen atoms in total. The molecular formula is C79H98Cl2N4. The maximum atomic E-state index is 2.59. The van der Waals surface area contributed by atoms with Crippen LogP contribution in [-0.2, 0) is 12.8 Å². The lowest BCUT2D eigenvalue weighted by Gasteiger charge is -2.39. The first-order valence-corrected chi connectivity index (χ1v) is 32.8. The quantitative estimate of drug-likeness (QED) is 0.0707. The van der Waals surface area contributed by atoms with Crippen molar-refractivity contribution in [3.05, 3.63) is 214 Å². The zero-order chi connectivity index (χ0) is 58.0. The smallest absolute Gasteiger partial charge is 0.199 e. The van der Waals surface area contributed by atoms with Gasteiger partial charge in [-0.05, 0) is 262 Å². The summed E-state index contributed by atoms with van der Waals surface area (Å²) in [5.74, 6) is 4.57. The Balaban J connectivity index is 0.00000470. The number of rotatable bonds is 20. The molecule has 0 heterocycles. The first kappa shape index (κ1) is 64.8. The molecule has 0 saturated heterocycles. The standard InChI is InChI=1S/C79H98N4.2ClH/c1-11-80(12-2)68-41-31-60(32-42-68)78(61-33-43-69(44-34-61)81(13-3)14-4)76-49-39-66(72-23-19-21-25-74(72)76)54-64-29-27-58(51-56(64)9)53-59-28-30-65(57(10)52-59)55-67-40-50-77(75-26-22-20-24-73(67)75)79(62-35-45-70(46-36-62)82(15-5)16-6)63-37-47-71(48-38-63)83(17-7)18-8;;/h19-26,31-50,56-59,64-65H,11-18,27-30,51-55H2,1-10H3;2*1H/q+2;;/p-2. The molecule has 2 fully saturated rings. The molecule has 6 heteroatoms. The fourth-order valence-electron chi connectivity index (χ4n) is 15.4. The second-order valence-corrected chi connectivity index (χ2v) is 24.7. The van der Waals surface area contributed by atoms with Gasteiger partial charge in [-0.15, -0.1) is 0 Å². The van der Waals surface area contributed by atoms with Crippen molar-refractivity contribution in [2.45, 2.75) is 127 Å². The second-order valence-electron chi connectivity index (χ2n) is 24.7. The van der Waals surface area contributed by atoms with Crippen molar-refractivity contribution in [3.8, 4) is 0 Å². The van der Waals surface area contributed by atoms with Gasteiger partial charge in [-0.2, -0.15) is 0 Å². The Hall–Kier alpha value is -6.20. The average molecular weight is 1170 g/mol. The maximum Gasteiger partial charge on any atom is 0.199 e. The summed E-state index contributed by atoms with van der Waals surface area (Å²) < 4.78 is 4.87. The highest BCUT2D eigenvalue weighted by atomic mass is 35.5. The van der Waals surface area contributed by atoms with E-state index in [1.165, 1.54) is 145 Å². The van der Waals surface area contributed by atoms with Crippen LogP contribution >= 0.6 is 0 Å². The van der Waals surface area contributed by atoms with Crippen LogP contribution in [0, 0.1) is 35.5 Å². The molecule has 10 rings (SSSR count). The third-order valence-corrected chi connectivity index (χ3v) is 20.2. The van der Waals surface area contributed by atoms with Gasteiger partial charge < -0.3 is 34.6 Å². The van der Waals surface area contributed by atoms with Crippen LogP contribution in [0.3, 0.4) is 0 Å². The molecule has 0 amide bonds. The monoisotopic (exact) mass is 1170 g/mol. The van der Waals surface area contributed by atoms with Gasteiger partial charge in [0.15, 0.2) is 11.4 Å². The highest BCUT2D eigenvalue weighted by Crippen LogP contribution is 2.46.